The Balaban J connectivity index is 0.00000103. The molecule has 0 amide bonds. The van der Waals surface area contributed by atoms with Gasteiger partial charge in [0.05, 0.1) is 10.5 Å². The molecule has 0 radical (unpaired) electrons. The summed E-state index contributed by atoms with van der Waals surface area (Å²) in [5, 5.41) is 1.97. The van der Waals surface area contributed by atoms with Gasteiger partial charge in [0, 0.05) is 49.0 Å². The van der Waals surface area contributed by atoms with Crippen LogP contribution >= 0.6 is 23.2 Å². The smallest absolute Gasteiger partial charge is 0.163 e. The molecule has 0 N–H and O–H groups in total. The van der Waals surface area contributed by atoms with Crippen molar-refractivity contribution in [3.8, 4) is 11.4 Å². The number of hydrogen-bond donors (Lipinski definition) is 0. The number of aromatic nitrogens is 2. The maximum atomic E-state index is 6.43. The van der Waals surface area contributed by atoms with Crippen LogP contribution in [0, 0.1) is 0 Å². The third-order valence-corrected chi connectivity index (χ3v) is 5.73. The van der Waals surface area contributed by atoms with Crippen LogP contribution in [0.2, 0.25) is 5.02 Å². The molecule has 3 aromatic rings. The quantitative estimate of drug-likeness (QED) is 0.277. The molecule has 5 nitrogen and oxygen atoms in total. The molecule has 1 aliphatic rings. The molecule has 2 heterocycles. The van der Waals surface area contributed by atoms with Crippen LogP contribution in [0.3, 0.4) is 0 Å². The number of fused-ring (bicyclic) bond motifs is 1. The van der Waals surface area contributed by atoms with Gasteiger partial charge < -0.3 is 9.80 Å². The van der Waals surface area contributed by atoms with Crippen molar-refractivity contribution < 1.29 is 0 Å². The minimum absolute atomic E-state index is 0.277. The molecule has 0 aliphatic carbocycles. The molecular formula is C27H31Cl2N5. The molecule has 1 aliphatic heterocycles. The lowest BCUT2D eigenvalue weighted by Crippen LogP contribution is -2.46. The molecule has 1 fully saturated rings. The highest BCUT2D eigenvalue weighted by Crippen LogP contribution is 2.31. The van der Waals surface area contributed by atoms with Crippen LogP contribution in [0.4, 0.5) is 5.82 Å². The zero-order valence-electron chi connectivity index (χ0n) is 20.0. The third-order valence-electron chi connectivity index (χ3n) is 5.31. The van der Waals surface area contributed by atoms with E-state index in [4.69, 9.17) is 33.2 Å². The minimum Gasteiger partial charge on any atom is -0.371 e. The lowest BCUT2D eigenvalue weighted by molar-refractivity contribution is 0.322. The van der Waals surface area contributed by atoms with Crippen LogP contribution in [0.1, 0.15) is 27.2 Å². The van der Waals surface area contributed by atoms with Gasteiger partial charge >= 0.3 is 0 Å². The number of benzene rings is 2. The fourth-order valence-corrected chi connectivity index (χ4v) is 3.94. The molecule has 0 saturated carbocycles. The van der Waals surface area contributed by atoms with E-state index < -0.39 is 0 Å². The Kier molecular flexibility index (Phi) is 9.49. The number of allylic oxidation sites excluding steroid dienone is 2. The van der Waals surface area contributed by atoms with Gasteiger partial charge in [-0.3, -0.25) is 0 Å². The molecule has 34 heavy (non-hydrogen) atoms. The SMILES string of the molecule is C=C(Cl)/N=C\C=C(/C)N1CCN(c2nc(-c3ccccc3Cl)nc3ccccc23)CC1.CCC. The second kappa shape index (κ2) is 12.5. The van der Waals surface area contributed by atoms with Gasteiger partial charge in [0.2, 0.25) is 0 Å². The van der Waals surface area contributed by atoms with Crippen LogP contribution in [-0.2, 0) is 0 Å². The Morgan fingerprint density at radius 1 is 1.03 bits per heavy atom. The van der Waals surface area contributed by atoms with E-state index in [0.717, 1.165) is 54.2 Å². The predicted octanol–water partition coefficient (Wildman–Crippen LogP) is 7.17. The summed E-state index contributed by atoms with van der Waals surface area (Å²) < 4.78 is 0. The number of piperazine rings is 1. The number of hydrogen-bond acceptors (Lipinski definition) is 5. The first-order chi connectivity index (χ1) is 16.4. The highest BCUT2D eigenvalue weighted by atomic mass is 35.5. The minimum atomic E-state index is 0.277. The molecule has 7 heteroatoms. The summed E-state index contributed by atoms with van der Waals surface area (Å²) >= 11 is 12.1. The van der Waals surface area contributed by atoms with E-state index in [2.05, 4.69) is 48.2 Å². The maximum Gasteiger partial charge on any atom is 0.163 e. The van der Waals surface area contributed by atoms with E-state index in [0.29, 0.717) is 10.8 Å². The molecule has 1 saturated heterocycles. The van der Waals surface area contributed by atoms with Crippen molar-refractivity contribution in [2.45, 2.75) is 27.2 Å². The molecule has 0 unspecified atom stereocenters. The number of aliphatic imine (C=N–C) groups is 1. The fourth-order valence-electron chi connectivity index (χ4n) is 3.67. The molecule has 0 atom stereocenters. The summed E-state index contributed by atoms with van der Waals surface area (Å²) in [5.41, 5.74) is 2.90. The fraction of sp³-hybridized carbons (Fsp3) is 0.296. The zero-order chi connectivity index (χ0) is 24.5. The Bertz CT molecular complexity index is 1180. The Morgan fingerprint density at radius 2 is 1.68 bits per heavy atom. The lowest BCUT2D eigenvalue weighted by Gasteiger charge is -2.37. The predicted molar refractivity (Wildman–Crippen MR) is 147 cm³/mol. The first-order valence-electron chi connectivity index (χ1n) is 11.5. The van der Waals surface area contributed by atoms with Crippen molar-refractivity contribution in [3.63, 3.8) is 0 Å². The summed E-state index contributed by atoms with van der Waals surface area (Å²) in [5.74, 6) is 1.59. The molecule has 2 aromatic carbocycles. The van der Waals surface area contributed by atoms with Crippen molar-refractivity contribution in [1.29, 1.82) is 0 Å². The largest absolute Gasteiger partial charge is 0.371 e. The summed E-state index contributed by atoms with van der Waals surface area (Å²) in [6.07, 6.45) is 4.89. The van der Waals surface area contributed by atoms with Crippen LogP contribution in [0.25, 0.3) is 22.3 Å². The van der Waals surface area contributed by atoms with Crippen LogP contribution in [-0.4, -0.2) is 47.3 Å². The van der Waals surface area contributed by atoms with Gasteiger partial charge in [0.15, 0.2) is 5.82 Å². The normalized spacial score (nSPS) is 14.3. The van der Waals surface area contributed by atoms with Gasteiger partial charge in [-0.25, -0.2) is 15.0 Å². The van der Waals surface area contributed by atoms with Crippen LogP contribution < -0.4 is 4.90 Å². The number of para-hydroxylation sites is 1. The highest BCUT2D eigenvalue weighted by Gasteiger charge is 2.21. The van der Waals surface area contributed by atoms with Crippen molar-refractivity contribution in [2.75, 3.05) is 31.1 Å². The number of halogens is 2. The molecule has 4 rings (SSSR count). The van der Waals surface area contributed by atoms with E-state index in [9.17, 15) is 0 Å². The van der Waals surface area contributed by atoms with E-state index in [1.54, 1.807) is 6.21 Å². The molecule has 0 spiro atoms. The van der Waals surface area contributed by atoms with Crippen molar-refractivity contribution in [2.24, 2.45) is 4.99 Å². The molecule has 178 valence electrons. The standard InChI is InChI=1S/C24H23Cl2N5.C3H8/c1-17(11-12-27-18(2)25)30-13-15-31(16-14-30)24-20-8-4-6-10-22(20)28-23(29-24)19-7-3-5-9-21(19)26;1-3-2/h3-12H,2,13-16H2,1H3;3H2,1-2H3/b17-11+,27-12-;. The van der Waals surface area contributed by atoms with Crippen molar-refractivity contribution in [1.82, 2.24) is 14.9 Å². The highest BCUT2D eigenvalue weighted by molar-refractivity contribution is 6.33. The second-order valence-electron chi connectivity index (χ2n) is 8.01. The first-order valence-corrected chi connectivity index (χ1v) is 12.3. The van der Waals surface area contributed by atoms with Crippen LogP contribution in [0.15, 0.2) is 77.0 Å². The molecule has 1 aromatic heterocycles. The summed E-state index contributed by atoms with van der Waals surface area (Å²) in [7, 11) is 0. The number of rotatable bonds is 5. The van der Waals surface area contributed by atoms with Gasteiger partial charge in [-0.1, -0.05) is 74.3 Å². The van der Waals surface area contributed by atoms with E-state index in [1.165, 1.54) is 6.42 Å². The first kappa shape index (κ1) is 25.7. The lowest BCUT2D eigenvalue weighted by atomic mass is 10.1. The van der Waals surface area contributed by atoms with Gasteiger partial charge in [-0.2, -0.15) is 0 Å². The van der Waals surface area contributed by atoms with Gasteiger partial charge in [0.1, 0.15) is 11.0 Å². The average molecular weight is 496 g/mol. The number of anilines is 1. The maximum absolute atomic E-state index is 6.43. The Hall–Kier alpha value is -2.89. The van der Waals surface area contributed by atoms with Gasteiger partial charge in [-0.15, -0.1) is 0 Å². The summed E-state index contributed by atoms with van der Waals surface area (Å²) in [6, 6.07) is 15.8. The second-order valence-corrected chi connectivity index (χ2v) is 8.85. The van der Waals surface area contributed by atoms with E-state index in [1.807, 2.05) is 48.5 Å². The van der Waals surface area contributed by atoms with Gasteiger partial charge in [0.25, 0.3) is 0 Å². The van der Waals surface area contributed by atoms with Crippen molar-refractivity contribution in [3.05, 3.63) is 77.1 Å². The topological polar surface area (TPSA) is 44.6 Å². The number of nitrogens with zero attached hydrogens (tertiary/aromatic N) is 5. The third kappa shape index (κ3) is 6.58. The average Bonchev–Trinajstić information content (AvgIpc) is 2.84. The van der Waals surface area contributed by atoms with Crippen LogP contribution in [0.5, 0.6) is 0 Å². The molecule has 0 bridgehead atoms. The monoisotopic (exact) mass is 495 g/mol. The summed E-state index contributed by atoms with van der Waals surface area (Å²) in [6.45, 7) is 13.4. The van der Waals surface area contributed by atoms with E-state index >= 15 is 0 Å². The summed E-state index contributed by atoms with van der Waals surface area (Å²) in [4.78, 5) is 18.4. The van der Waals surface area contributed by atoms with Crippen molar-refractivity contribution >= 4 is 46.1 Å². The van der Waals surface area contributed by atoms with E-state index in [-0.39, 0.29) is 5.16 Å². The Morgan fingerprint density at radius 3 is 2.35 bits per heavy atom. The molecular weight excluding hydrogens is 465 g/mol. The zero-order valence-corrected chi connectivity index (χ0v) is 21.5. The Labute approximate surface area is 212 Å². The van der Waals surface area contributed by atoms with Gasteiger partial charge in [-0.05, 0) is 37.3 Å².